The smallest absolute Gasteiger partial charge is 0.184 e. The highest BCUT2D eigenvalue weighted by molar-refractivity contribution is 8.14. The zero-order chi connectivity index (χ0) is 21.1. The molecule has 3 aromatic rings. The molecule has 3 N–H and O–H groups in total. The summed E-state index contributed by atoms with van der Waals surface area (Å²) in [7, 11) is 1.61. The van der Waals surface area contributed by atoms with Crippen LogP contribution in [0.15, 0.2) is 80.5 Å². The molecular formula is C22H19N5O2S. The third-order valence-electron chi connectivity index (χ3n) is 4.63. The van der Waals surface area contributed by atoms with Crippen LogP contribution in [-0.2, 0) is 0 Å². The molecule has 150 valence electrons. The highest BCUT2D eigenvalue weighted by atomic mass is 32.2. The molecule has 0 saturated carbocycles. The van der Waals surface area contributed by atoms with Crippen LogP contribution in [0.2, 0.25) is 0 Å². The van der Waals surface area contributed by atoms with E-state index in [-0.39, 0.29) is 11.1 Å². The molecule has 0 aliphatic carbocycles. The van der Waals surface area contributed by atoms with E-state index >= 15 is 0 Å². The fourth-order valence-corrected chi connectivity index (χ4v) is 4.09. The van der Waals surface area contributed by atoms with Gasteiger partial charge in [-0.1, -0.05) is 42.1 Å². The number of methoxy groups -OCH3 is 1. The fraction of sp³-hybridized carbons (Fsp3) is 0.136. The Kier molecular flexibility index (Phi) is 5.46. The van der Waals surface area contributed by atoms with Crippen LogP contribution in [0, 0.1) is 11.3 Å². The van der Waals surface area contributed by atoms with Crippen molar-refractivity contribution in [2.24, 2.45) is 15.8 Å². The number of fused-ring (bicyclic) bond motifs is 1. The van der Waals surface area contributed by atoms with Crippen molar-refractivity contribution in [3.63, 3.8) is 0 Å². The summed E-state index contributed by atoms with van der Waals surface area (Å²) in [5.74, 6) is 1.59. The van der Waals surface area contributed by atoms with E-state index in [1.807, 2.05) is 61.5 Å². The van der Waals surface area contributed by atoms with Gasteiger partial charge in [-0.05, 0) is 36.8 Å². The molecule has 0 radical (unpaired) electrons. The van der Waals surface area contributed by atoms with Crippen molar-refractivity contribution in [2.45, 2.75) is 12.2 Å². The number of amidine groups is 1. The Morgan fingerprint density at radius 1 is 1.27 bits per heavy atom. The fourth-order valence-electron chi connectivity index (χ4n) is 3.03. The first-order valence-corrected chi connectivity index (χ1v) is 10.1. The zero-order valence-corrected chi connectivity index (χ0v) is 17.2. The summed E-state index contributed by atoms with van der Waals surface area (Å²) in [6.07, 6.45) is 0. The maximum Gasteiger partial charge on any atom is 0.184 e. The van der Waals surface area contributed by atoms with Crippen LogP contribution in [0.4, 0.5) is 0 Å². The van der Waals surface area contributed by atoms with Gasteiger partial charge in [0.05, 0.1) is 17.9 Å². The summed E-state index contributed by atoms with van der Waals surface area (Å²) in [6.45, 7) is 1.85. The second-order valence-corrected chi connectivity index (χ2v) is 7.65. The average molecular weight is 417 g/mol. The molecule has 2 aromatic carbocycles. The number of hydrogen-bond acceptors (Lipinski definition) is 8. The number of aliphatic imine (C=N–C) groups is 1. The van der Waals surface area contributed by atoms with Crippen LogP contribution in [0.3, 0.4) is 0 Å². The number of hydrogen-bond donors (Lipinski definition) is 2. The van der Waals surface area contributed by atoms with E-state index in [0.29, 0.717) is 22.2 Å². The molecule has 4 rings (SSSR count). The number of nitrogens with one attached hydrogen (secondary N) is 1. The Labute approximate surface area is 177 Å². The normalized spacial score (nSPS) is 16.9. The predicted octanol–water partition coefficient (Wildman–Crippen LogP) is 4.29. The lowest BCUT2D eigenvalue weighted by atomic mass is 10.1. The van der Waals surface area contributed by atoms with Gasteiger partial charge >= 0.3 is 0 Å². The molecule has 1 aliphatic heterocycles. The van der Waals surface area contributed by atoms with Gasteiger partial charge in [0.1, 0.15) is 28.9 Å². The number of rotatable bonds is 4. The van der Waals surface area contributed by atoms with Crippen LogP contribution < -0.4 is 15.9 Å². The number of thioether (sulfide) groups is 1. The Morgan fingerprint density at radius 2 is 2.03 bits per heavy atom. The van der Waals surface area contributed by atoms with Crippen molar-refractivity contribution in [1.29, 1.82) is 5.26 Å². The van der Waals surface area contributed by atoms with E-state index < -0.39 is 0 Å². The number of nitrogens with zero attached hydrogens (tertiary/aromatic N) is 3. The monoisotopic (exact) mass is 417 g/mol. The Morgan fingerprint density at radius 3 is 2.73 bits per heavy atom. The third kappa shape index (κ3) is 3.88. The number of hydrazone groups is 1. The summed E-state index contributed by atoms with van der Waals surface area (Å²) in [5, 5.41) is 15.2. The quantitative estimate of drug-likeness (QED) is 0.484. The van der Waals surface area contributed by atoms with Crippen LogP contribution in [0.25, 0.3) is 11.0 Å². The molecule has 1 aliphatic rings. The van der Waals surface area contributed by atoms with E-state index in [1.165, 1.54) is 11.8 Å². The standard InChI is InChI=1S/C22H19N5O2S/c1-13(19-11-15-5-3-4-6-18(15)29-19)26-27-22-25-21(24)17(12-23)20(30-22)14-7-9-16(28-2)10-8-14/h3-11,20H,24H2,1-2H3,(H,25,27)/b26-13+. The van der Waals surface area contributed by atoms with Gasteiger partial charge in [-0.15, -0.1) is 0 Å². The maximum atomic E-state index is 9.56. The zero-order valence-electron chi connectivity index (χ0n) is 16.4. The lowest BCUT2D eigenvalue weighted by Gasteiger charge is -2.22. The van der Waals surface area contributed by atoms with Crippen molar-refractivity contribution in [3.8, 4) is 11.8 Å². The molecule has 0 bridgehead atoms. The van der Waals surface area contributed by atoms with E-state index in [0.717, 1.165) is 22.3 Å². The second-order valence-electron chi connectivity index (χ2n) is 6.56. The van der Waals surface area contributed by atoms with Gasteiger partial charge in [-0.3, -0.25) is 5.43 Å². The lowest BCUT2D eigenvalue weighted by Crippen LogP contribution is -2.23. The first-order chi connectivity index (χ1) is 14.6. The highest BCUT2D eigenvalue weighted by Gasteiger charge is 2.27. The van der Waals surface area contributed by atoms with Gasteiger partial charge in [0, 0.05) is 5.39 Å². The Balaban J connectivity index is 1.57. The lowest BCUT2D eigenvalue weighted by molar-refractivity contribution is 0.414. The van der Waals surface area contributed by atoms with Gasteiger partial charge in [0.15, 0.2) is 10.9 Å². The van der Waals surface area contributed by atoms with Gasteiger partial charge in [0.25, 0.3) is 0 Å². The van der Waals surface area contributed by atoms with Crippen LogP contribution in [0.1, 0.15) is 23.5 Å². The van der Waals surface area contributed by atoms with Crippen molar-refractivity contribution < 1.29 is 9.15 Å². The van der Waals surface area contributed by atoms with E-state index in [1.54, 1.807) is 7.11 Å². The minimum absolute atomic E-state index is 0.177. The van der Waals surface area contributed by atoms with Crippen molar-refractivity contribution in [1.82, 2.24) is 5.43 Å². The van der Waals surface area contributed by atoms with E-state index in [2.05, 4.69) is 21.6 Å². The summed E-state index contributed by atoms with van der Waals surface area (Å²) >= 11 is 1.38. The predicted molar refractivity (Wildman–Crippen MR) is 119 cm³/mol. The number of ether oxygens (including phenoxy) is 1. The molecule has 1 unspecified atom stereocenters. The minimum atomic E-state index is -0.289. The van der Waals surface area contributed by atoms with Crippen LogP contribution in [0.5, 0.6) is 5.75 Å². The van der Waals surface area contributed by atoms with Crippen molar-refractivity contribution in [3.05, 3.63) is 77.3 Å². The molecule has 0 fully saturated rings. The SMILES string of the molecule is COc1ccc(C2SC(N/N=C(\C)c3cc4ccccc4o3)=NC(N)=C2C#N)cc1. The second kappa shape index (κ2) is 8.35. The molecule has 0 spiro atoms. The van der Waals surface area contributed by atoms with Crippen LogP contribution >= 0.6 is 11.8 Å². The number of para-hydroxylation sites is 1. The third-order valence-corrected chi connectivity index (χ3v) is 5.78. The summed E-state index contributed by atoms with van der Waals surface area (Å²) in [5.41, 5.74) is 11.8. The summed E-state index contributed by atoms with van der Waals surface area (Å²) in [4.78, 5) is 4.29. The molecule has 1 aromatic heterocycles. The highest BCUT2D eigenvalue weighted by Crippen LogP contribution is 2.40. The number of nitriles is 1. The molecule has 30 heavy (non-hydrogen) atoms. The number of furan rings is 1. The first-order valence-electron chi connectivity index (χ1n) is 9.17. The molecular weight excluding hydrogens is 398 g/mol. The number of nitrogens with two attached hydrogens (primary N) is 1. The molecule has 7 nitrogen and oxygen atoms in total. The van der Waals surface area contributed by atoms with Crippen LogP contribution in [-0.4, -0.2) is 18.0 Å². The van der Waals surface area contributed by atoms with Crippen molar-refractivity contribution in [2.75, 3.05) is 7.11 Å². The summed E-state index contributed by atoms with van der Waals surface area (Å²) < 4.78 is 11.0. The molecule has 8 heteroatoms. The van der Waals surface area contributed by atoms with Crippen molar-refractivity contribution >= 4 is 33.6 Å². The van der Waals surface area contributed by atoms with Gasteiger partial charge < -0.3 is 14.9 Å². The minimum Gasteiger partial charge on any atom is -0.497 e. The number of benzene rings is 2. The average Bonchev–Trinajstić information content (AvgIpc) is 3.21. The molecule has 1 atom stereocenters. The van der Waals surface area contributed by atoms with E-state index in [4.69, 9.17) is 14.9 Å². The summed E-state index contributed by atoms with van der Waals surface area (Å²) in [6, 6.07) is 19.4. The maximum absolute atomic E-state index is 9.56. The van der Waals surface area contributed by atoms with Gasteiger partial charge in [-0.25, -0.2) is 4.99 Å². The van der Waals surface area contributed by atoms with Gasteiger partial charge in [0.2, 0.25) is 0 Å². The molecule has 2 heterocycles. The Hall–Kier alpha value is -3.70. The molecule has 0 saturated heterocycles. The topological polar surface area (TPSA) is 109 Å². The first kappa shape index (κ1) is 19.6. The van der Waals surface area contributed by atoms with E-state index in [9.17, 15) is 5.26 Å². The molecule has 0 amide bonds. The van der Waals surface area contributed by atoms with Gasteiger partial charge in [-0.2, -0.15) is 10.4 Å². The Bertz CT molecular complexity index is 1190. The largest absolute Gasteiger partial charge is 0.497 e.